The van der Waals surface area contributed by atoms with E-state index in [-0.39, 0.29) is 11.9 Å². The number of nitrogens with one attached hydrogen (secondary N) is 1. The van der Waals surface area contributed by atoms with Crippen LogP contribution in [0.4, 0.5) is 0 Å². The summed E-state index contributed by atoms with van der Waals surface area (Å²) in [5.74, 6) is 0.0875. The molecule has 0 saturated carbocycles. The molecule has 5 nitrogen and oxygen atoms in total. The zero-order valence-corrected chi connectivity index (χ0v) is 10.7. The van der Waals surface area contributed by atoms with Crippen molar-refractivity contribution in [3.63, 3.8) is 0 Å². The minimum Gasteiger partial charge on any atom is -0.354 e. The predicted octanol–water partition coefficient (Wildman–Crippen LogP) is 1.75. The van der Waals surface area contributed by atoms with Gasteiger partial charge < -0.3 is 5.32 Å². The Labute approximate surface area is 103 Å². The molecule has 0 aliphatic carbocycles. The molecule has 1 N–H and O–H groups in total. The summed E-state index contributed by atoms with van der Waals surface area (Å²) in [7, 11) is 0. The maximum absolute atomic E-state index is 11.6. The number of hydrogen-bond donors (Lipinski definition) is 1. The largest absolute Gasteiger partial charge is 0.354 e. The summed E-state index contributed by atoms with van der Waals surface area (Å²) in [4.78, 5) is 15.4. The van der Waals surface area contributed by atoms with E-state index in [0.29, 0.717) is 13.0 Å². The van der Waals surface area contributed by atoms with Crippen LogP contribution in [0.3, 0.4) is 0 Å². The molecule has 0 radical (unpaired) electrons. The van der Waals surface area contributed by atoms with Gasteiger partial charge in [-0.05, 0) is 13.3 Å². The van der Waals surface area contributed by atoms with Gasteiger partial charge in [0.1, 0.15) is 12.7 Å². The van der Waals surface area contributed by atoms with Crippen molar-refractivity contribution in [1.29, 1.82) is 0 Å². The van der Waals surface area contributed by atoms with Gasteiger partial charge in [0, 0.05) is 12.5 Å². The topological polar surface area (TPSA) is 59.8 Å². The third-order valence-electron chi connectivity index (χ3n) is 2.68. The second kappa shape index (κ2) is 7.81. The highest BCUT2D eigenvalue weighted by Crippen LogP contribution is 2.03. The molecule has 1 heterocycles. The van der Waals surface area contributed by atoms with Crippen LogP contribution in [-0.4, -0.2) is 26.7 Å². The molecule has 1 atom stereocenters. The molecule has 0 saturated heterocycles. The van der Waals surface area contributed by atoms with Crippen LogP contribution in [0.15, 0.2) is 12.7 Å². The Morgan fingerprint density at radius 1 is 1.47 bits per heavy atom. The molecule has 17 heavy (non-hydrogen) atoms. The van der Waals surface area contributed by atoms with E-state index < -0.39 is 0 Å². The lowest BCUT2D eigenvalue weighted by atomic mass is 10.1. The molecule has 0 spiro atoms. The van der Waals surface area contributed by atoms with Crippen LogP contribution in [0, 0.1) is 0 Å². The van der Waals surface area contributed by atoms with Crippen molar-refractivity contribution >= 4 is 5.91 Å². The van der Waals surface area contributed by atoms with E-state index in [4.69, 9.17) is 0 Å². The van der Waals surface area contributed by atoms with Crippen molar-refractivity contribution in [2.75, 3.05) is 0 Å². The average molecular weight is 238 g/mol. The summed E-state index contributed by atoms with van der Waals surface area (Å²) in [6, 6.07) is 0.268. The summed E-state index contributed by atoms with van der Waals surface area (Å²) < 4.78 is 1.67. The fraction of sp³-hybridized carbons (Fsp3) is 0.750. The van der Waals surface area contributed by atoms with Gasteiger partial charge in [0.25, 0.3) is 0 Å². The molecule has 0 aliphatic rings. The van der Waals surface area contributed by atoms with E-state index in [1.165, 1.54) is 25.6 Å². The van der Waals surface area contributed by atoms with E-state index in [9.17, 15) is 4.79 Å². The van der Waals surface area contributed by atoms with Gasteiger partial charge in [-0.15, -0.1) is 0 Å². The molecule has 0 aromatic carbocycles. The standard InChI is InChI=1S/C12H22N4O/c1-3-4-5-6-11(2)15-12(17)7-8-16-10-13-9-14-16/h9-11H,3-8H2,1-2H3,(H,15,17). The van der Waals surface area contributed by atoms with Gasteiger partial charge >= 0.3 is 0 Å². The van der Waals surface area contributed by atoms with Gasteiger partial charge in [0.05, 0.1) is 6.54 Å². The number of hydrogen-bond acceptors (Lipinski definition) is 3. The molecule has 1 aromatic rings. The first kappa shape index (κ1) is 13.7. The fourth-order valence-electron chi connectivity index (χ4n) is 1.68. The minimum atomic E-state index is 0.0875. The molecule has 1 unspecified atom stereocenters. The summed E-state index contributed by atoms with van der Waals surface area (Å²) >= 11 is 0. The molecule has 0 fully saturated rings. The molecule has 0 bridgehead atoms. The summed E-state index contributed by atoms with van der Waals surface area (Å²) in [6.07, 6.45) is 8.25. The smallest absolute Gasteiger partial charge is 0.222 e. The number of unbranched alkanes of at least 4 members (excludes halogenated alkanes) is 2. The number of carbonyl (C=O) groups is 1. The average Bonchev–Trinajstić information content (AvgIpc) is 2.79. The second-order valence-corrected chi connectivity index (χ2v) is 4.37. The highest BCUT2D eigenvalue weighted by molar-refractivity contribution is 5.76. The van der Waals surface area contributed by atoms with E-state index in [1.807, 2.05) is 0 Å². The Morgan fingerprint density at radius 2 is 2.29 bits per heavy atom. The molecular weight excluding hydrogens is 216 g/mol. The van der Waals surface area contributed by atoms with Gasteiger partial charge in [0.2, 0.25) is 5.91 Å². The van der Waals surface area contributed by atoms with Crippen molar-refractivity contribution < 1.29 is 4.79 Å². The second-order valence-electron chi connectivity index (χ2n) is 4.37. The van der Waals surface area contributed by atoms with Gasteiger partial charge in [-0.3, -0.25) is 9.48 Å². The first-order valence-electron chi connectivity index (χ1n) is 6.34. The van der Waals surface area contributed by atoms with Crippen molar-refractivity contribution in [3.05, 3.63) is 12.7 Å². The van der Waals surface area contributed by atoms with Crippen molar-refractivity contribution in [2.45, 2.75) is 58.5 Å². The van der Waals surface area contributed by atoms with E-state index >= 15 is 0 Å². The SMILES string of the molecule is CCCCCC(C)NC(=O)CCn1cncn1. The summed E-state index contributed by atoms with van der Waals surface area (Å²) in [5.41, 5.74) is 0. The van der Waals surface area contributed by atoms with E-state index in [2.05, 4.69) is 29.2 Å². The molecule has 0 aliphatic heterocycles. The van der Waals surface area contributed by atoms with Crippen LogP contribution >= 0.6 is 0 Å². The highest BCUT2D eigenvalue weighted by Gasteiger charge is 2.07. The minimum absolute atomic E-state index is 0.0875. The van der Waals surface area contributed by atoms with E-state index in [1.54, 1.807) is 11.0 Å². The van der Waals surface area contributed by atoms with Crippen LogP contribution in [0.5, 0.6) is 0 Å². The van der Waals surface area contributed by atoms with Crippen LogP contribution in [0.25, 0.3) is 0 Å². The van der Waals surface area contributed by atoms with Crippen LogP contribution < -0.4 is 5.32 Å². The maximum atomic E-state index is 11.6. The van der Waals surface area contributed by atoms with Gasteiger partial charge in [-0.25, -0.2) is 4.98 Å². The zero-order valence-electron chi connectivity index (χ0n) is 10.7. The molecule has 1 amide bonds. The van der Waals surface area contributed by atoms with Crippen molar-refractivity contribution in [2.24, 2.45) is 0 Å². The highest BCUT2D eigenvalue weighted by atomic mass is 16.1. The lowest BCUT2D eigenvalue weighted by molar-refractivity contribution is -0.122. The van der Waals surface area contributed by atoms with Crippen molar-refractivity contribution in [3.8, 4) is 0 Å². The normalized spacial score (nSPS) is 12.4. The first-order chi connectivity index (χ1) is 8.22. The lowest BCUT2D eigenvalue weighted by Crippen LogP contribution is -2.33. The number of amides is 1. The van der Waals surface area contributed by atoms with E-state index in [0.717, 1.165) is 6.42 Å². The summed E-state index contributed by atoms with van der Waals surface area (Å²) in [5, 5.41) is 6.95. The Hall–Kier alpha value is -1.39. The van der Waals surface area contributed by atoms with Crippen LogP contribution in [-0.2, 0) is 11.3 Å². The zero-order chi connectivity index (χ0) is 12.5. The number of carbonyl (C=O) groups excluding carboxylic acids is 1. The molecule has 1 aromatic heterocycles. The van der Waals surface area contributed by atoms with Gasteiger partial charge in [0.15, 0.2) is 0 Å². The monoisotopic (exact) mass is 238 g/mol. The Bertz CT molecular complexity index is 310. The molecule has 96 valence electrons. The number of aryl methyl sites for hydroxylation is 1. The van der Waals surface area contributed by atoms with Gasteiger partial charge in [-0.2, -0.15) is 5.10 Å². The van der Waals surface area contributed by atoms with Crippen LogP contribution in [0.2, 0.25) is 0 Å². The first-order valence-corrected chi connectivity index (χ1v) is 6.34. The Kier molecular flexibility index (Phi) is 6.29. The lowest BCUT2D eigenvalue weighted by Gasteiger charge is -2.13. The third-order valence-corrected chi connectivity index (χ3v) is 2.68. The Morgan fingerprint density at radius 3 is 2.94 bits per heavy atom. The van der Waals surface area contributed by atoms with Gasteiger partial charge in [-0.1, -0.05) is 26.2 Å². The predicted molar refractivity (Wildman–Crippen MR) is 66.4 cm³/mol. The Balaban J connectivity index is 2.11. The summed E-state index contributed by atoms with van der Waals surface area (Å²) in [6.45, 7) is 4.83. The fourth-order valence-corrected chi connectivity index (χ4v) is 1.68. The molecule has 5 heteroatoms. The quantitative estimate of drug-likeness (QED) is 0.702. The van der Waals surface area contributed by atoms with Crippen LogP contribution in [0.1, 0.15) is 46.0 Å². The number of aromatic nitrogens is 3. The molecule has 1 rings (SSSR count). The maximum Gasteiger partial charge on any atom is 0.222 e. The third kappa shape index (κ3) is 6.04. The number of nitrogens with zero attached hydrogens (tertiary/aromatic N) is 3. The van der Waals surface area contributed by atoms with Crippen molar-refractivity contribution in [1.82, 2.24) is 20.1 Å². The number of rotatable bonds is 8. The molecular formula is C12H22N4O.